The molecule has 0 saturated carbocycles. The van der Waals surface area contributed by atoms with Gasteiger partial charge < -0.3 is 4.74 Å². The van der Waals surface area contributed by atoms with Crippen LogP contribution >= 0.6 is 23.5 Å². The Kier molecular flexibility index (Phi) is 7.47. The molecule has 0 fully saturated rings. The van der Waals surface area contributed by atoms with E-state index in [0.717, 1.165) is 11.5 Å². The number of carbonyl (C=O) groups is 1. The van der Waals surface area contributed by atoms with Crippen LogP contribution in [0.15, 0.2) is 83.1 Å². The molecule has 0 aliphatic carbocycles. The molecule has 24 heavy (non-hydrogen) atoms. The first-order valence-corrected chi connectivity index (χ1v) is 9.73. The first-order valence-electron chi connectivity index (χ1n) is 7.76. The van der Waals surface area contributed by atoms with Crippen molar-refractivity contribution in [3.8, 4) is 0 Å². The first kappa shape index (κ1) is 18.7. The molecule has 0 N–H and O–H groups in total. The highest BCUT2D eigenvalue weighted by Crippen LogP contribution is 2.34. The summed E-state index contributed by atoms with van der Waals surface area (Å²) in [6, 6.07) is 20.6. The highest BCUT2D eigenvalue weighted by molar-refractivity contribution is 8.00. The highest BCUT2D eigenvalue weighted by atomic mass is 32.2. The summed E-state index contributed by atoms with van der Waals surface area (Å²) in [6.45, 7) is 6.01. The van der Waals surface area contributed by atoms with Crippen LogP contribution in [0.5, 0.6) is 0 Å². The summed E-state index contributed by atoms with van der Waals surface area (Å²) < 4.78 is 5.35. The number of hydrogen-bond donors (Lipinski definition) is 0. The van der Waals surface area contributed by atoms with Crippen LogP contribution in [0, 0.1) is 5.41 Å². The number of esters is 1. The van der Waals surface area contributed by atoms with Crippen molar-refractivity contribution in [2.24, 2.45) is 5.41 Å². The second-order valence-corrected chi connectivity index (χ2v) is 7.92. The van der Waals surface area contributed by atoms with Crippen LogP contribution in [0.4, 0.5) is 0 Å². The summed E-state index contributed by atoms with van der Waals surface area (Å²) in [4.78, 5) is 13.9. The predicted molar refractivity (Wildman–Crippen MR) is 104 cm³/mol. The Morgan fingerprint density at radius 2 is 1.46 bits per heavy atom. The van der Waals surface area contributed by atoms with E-state index >= 15 is 0 Å². The summed E-state index contributed by atoms with van der Waals surface area (Å²) in [5, 5.41) is 0. The van der Waals surface area contributed by atoms with E-state index in [0.29, 0.717) is 6.61 Å². The molecule has 0 amide bonds. The van der Waals surface area contributed by atoms with Crippen molar-refractivity contribution in [2.45, 2.75) is 16.7 Å². The molecule has 0 aliphatic rings. The average molecular weight is 359 g/mol. The molecule has 0 spiro atoms. The fourth-order valence-corrected chi connectivity index (χ4v) is 4.21. The second kappa shape index (κ2) is 9.60. The third kappa shape index (κ3) is 6.46. The highest BCUT2D eigenvalue weighted by Gasteiger charge is 2.27. The molecule has 2 aromatic rings. The topological polar surface area (TPSA) is 26.3 Å². The molecule has 2 rings (SSSR count). The van der Waals surface area contributed by atoms with Crippen molar-refractivity contribution in [1.29, 1.82) is 0 Å². The lowest BCUT2D eigenvalue weighted by atomic mass is 9.98. The van der Waals surface area contributed by atoms with Gasteiger partial charge in [-0.3, -0.25) is 0 Å². The maximum absolute atomic E-state index is 11.5. The Labute approximate surface area is 152 Å². The van der Waals surface area contributed by atoms with Gasteiger partial charge in [-0.2, -0.15) is 0 Å². The van der Waals surface area contributed by atoms with Crippen LogP contribution < -0.4 is 0 Å². The lowest BCUT2D eigenvalue weighted by molar-refractivity contribution is -0.140. The Hall–Kier alpha value is -1.65. The minimum absolute atomic E-state index is 0.125. The summed E-state index contributed by atoms with van der Waals surface area (Å²) in [5.41, 5.74) is -0.125. The van der Waals surface area contributed by atoms with Crippen molar-refractivity contribution in [2.75, 3.05) is 18.1 Å². The van der Waals surface area contributed by atoms with Gasteiger partial charge in [0, 0.05) is 32.8 Å². The molecule has 2 nitrogen and oxygen atoms in total. The smallest absolute Gasteiger partial charge is 0.330 e. The number of benzene rings is 2. The Bertz CT molecular complexity index is 598. The van der Waals surface area contributed by atoms with Crippen molar-refractivity contribution >= 4 is 29.5 Å². The van der Waals surface area contributed by atoms with E-state index in [1.807, 2.05) is 36.4 Å². The zero-order valence-corrected chi connectivity index (χ0v) is 15.4. The third-order valence-electron chi connectivity index (χ3n) is 3.39. The second-order valence-electron chi connectivity index (χ2n) is 5.83. The van der Waals surface area contributed by atoms with E-state index < -0.39 is 0 Å². The number of carbonyl (C=O) groups excluding carboxylic acids is 1. The van der Waals surface area contributed by atoms with Gasteiger partial charge in [-0.1, -0.05) is 49.9 Å². The molecule has 0 unspecified atom stereocenters. The van der Waals surface area contributed by atoms with Crippen molar-refractivity contribution in [1.82, 2.24) is 0 Å². The average Bonchev–Trinajstić information content (AvgIpc) is 2.65. The number of thioether (sulfide) groups is 2. The van der Waals surface area contributed by atoms with Gasteiger partial charge in [-0.25, -0.2) is 4.79 Å². The van der Waals surface area contributed by atoms with E-state index in [2.05, 4.69) is 37.8 Å². The van der Waals surface area contributed by atoms with Crippen molar-refractivity contribution < 1.29 is 9.53 Å². The fraction of sp³-hybridized carbons (Fsp3) is 0.250. The molecule has 0 saturated heterocycles. The Morgan fingerprint density at radius 3 is 1.88 bits per heavy atom. The van der Waals surface area contributed by atoms with Crippen LogP contribution in [0.25, 0.3) is 0 Å². The molecule has 2 aromatic carbocycles. The van der Waals surface area contributed by atoms with E-state index in [1.54, 1.807) is 23.5 Å². The SMILES string of the molecule is C=CC(=O)OCC(C)(CSc1ccccc1)CSc1ccccc1. The lowest BCUT2D eigenvalue weighted by Crippen LogP contribution is -2.30. The Balaban J connectivity index is 1.99. The molecule has 0 radical (unpaired) electrons. The van der Waals surface area contributed by atoms with E-state index in [9.17, 15) is 4.79 Å². The van der Waals surface area contributed by atoms with Gasteiger partial charge in [0.2, 0.25) is 0 Å². The van der Waals surface area contributed by atoms with E-state index in [-0.39, 0.29) is 11.4 Å². The summed E-state index contributed by atoms with van der Waals surface area (Å²) in [5.74, 6) is 1.39. The monoisotopic (exact) mass is 358 g/mol. The summed E-state index contributed by atoms with van der Waals surface area (Å²) >= 11 is 3.58. The lowest BCUT2D eigenvalue weighted by Gasteiger charge is -2.28. The molecule has 126 valence electrons. The largest absolute Gasteiger partial charge is 0.462 e. The molecule has 0 atom stereocenters. The molecular formula is C20H22O2S2. The quantitative estimate of drug-likeness (QED) is 0.345. The maximum atomic E-state index is 11.5. The van der Waals surface area contributed by atoms with Gasteiger partial charge in [0.15, 0.2) is 0 Å². The van der Waals surface area contributed by atoms with Crippen LogP contribution in [-0.2, 0) is 9.53 Å². The van der Waals surface area contributed by atoms with Gasteiger partial charge in [0.1, 0.15) is 0 Å². The maximum Gasteiger partial charge on any atom is 0.330 e. The van der Waals surface area contributed by atoms with Crippen LogP contribution in [-0.4, -0.2) is 24.1 Å². The number of ether oxygens (including phenoxy) is 1. The van der Waals surface area contributed by atoms with Crippen molar-refractivity contribution in [3.05, 3.63) is 73.3 Å². The molecule has 0 aliphatic heterocycles. The van der Waals surface area contributed by atoms with E-state index in [4.69, 9.17) is 4.74 Å². The van der Waals surface area contributed by atoms with Gasteiger partial charge in [0.25, 0.3) is 0 Å². The molecule has 0 heterocycles. The summed E-state index contributed by atoms with van der Waals surface area (Å²) in [7, 11) is 0. The van der Waals surface area contributed by atoms with Gasteiger partial charge in [-0.15, -0.1) is 23.5 Å². The summed E-state index contributed by atoms with van der Waals surface area (Å²) in [6.07, 6.45) is 1.22. The van der Waals surface area contributed by atoms with Gasteiger partial charge in [-0.05, 0) is 24.3 Å². The number of rotatable bonds is 9. The van der Waals surface area contributed by atoms with E-state index in [1.165, 1.54) is 15.9 Å². The van der Waals surface area contributed by atoms with Crippen LogP contribution in [0.1, 0.15) is 6.92 Å². The molecule has 0 aromatic heterocycles. The van der Waals surface area contributed by atoms with Crippen molar-refractivity contribution in [3.63, 3.8) is 0 Å². The molecular weight excluding hydrogens is 336 g/mol. The number of hydrogen-bond acceptors (Lipinski definition) is 4. The normalized spacial score (nSPS) is 11.0. The zero-order valence-electron chi connectivity index (χ0n) is 13.8. The van der Waals surface area contributed by atoms with Gasteiger partial charge >= 0.3 is 5.97 Å². The predicted octanol–water partition coefficient (Wildman–Crippen LogP) is 5.31. The zero-order chi connectivity index (χ0) is 17.3. The van der Waals surface area contributed by atoms with Gasteiger partial charge in [0.05, 0.1) is 6.61 Å². The molecule has 0 bridgehead atoms. The minimum atomic E-state index is -0.365. The fourth-order valence-electron chi connectivity index (χ4n) is 1.98. The third-order valence-corrected chi connectivity index (χ3v) is 6.28. The molecule has 4 heteroatoms. The minimum Gasteiger partial charge on any atom is -0.462 e. The first-order chi connectivity index (χ1) is 11.6. The van der Waals surface area contributed by atoms with Crippen LogP contribution in [0.2, 0.25) is 0 Å². The van der Waals surface area contributed by atoms with Crippen LogP contribution in [0.3, 0.4) is 0 Å². The standard InChI is InChI=1S/C20H22O2S2/c1-3-19(21)22-14-20(2,15-23-17-10-6-4-7-11-17)16-24-18-12-8-5-9-13-18/h3-13H,1,14-16H2,2H3. The Morgan fingerprint density at radius 1 is 1.00 bits per heavy atom.